The Kier molecular flexibility index (Phi) is 3.53. The Bertz CT molecular complexity index is 846. The minimum absolute atomic E-state index is 0.347. The first kappa shape index (κ1) is 14.8. The fourth-order valence-electron chi connectivity index (χ4n) is 3.20. The van der Waals surface area contributed by atoms with Gasteiger partial charge in [0.05, 0.1) is 10.9 Å². The molecule has 0 aromatic carbocycles. The van der Waals surface area contributed by atoms with Crippen molar-refractivity contribution >= 4 is 22.8 Å². The number of nitrogens with two attached hydrogens (primary N) is 1. The second-order valence-corrected chi connectivity index (χ2v) is 6.35. The largest absolute Gasteiger partial charge is 0.354 e. The minimum atomic E-state index is -0.347. The number of anilines is 2. The summed E-state index contributed by atoms with van der Waals surface area (Å²) in [6.07, 6.45) is 7.86. The van der Waals surface area contributed by atoms with Gasteiger partial charge in [-0.25, -0.2) is 19.9 Å². The molecule has 4 rings (SSSR count). The van der Waals surface area contributed by atoms with E-state index in [2.05, 4.69) is 42.1 Å². The zero-order chi connectivity index (χ0) is 16.6. The van der Waals surface area contributed by atoms with Gasteiger partial charge < -0.3 is 20.9 Å². The molecule has 4 N–H and O–H groups in total. The number of hydrogen-bond acceptors (Lipinski definition) is 7. The van der Waals surface area contributed by atoms with Crippen LogP contribution in [0.1, 0.15) is 12.0 Å². The Hall–Kier alpha value is -2.74. The highest BCUT2D eigenvalue weighted by Gasteiger charge is 2.36. The van der Waals surface area contributed by atoms with Crippen molar-refractivity contribution < 1.29 is 0 Å². The maximum atomic E-state index is 6.58. The van der Waals surface area contributed by atoms with E-state index in [0.717, 1.165) is 41.9 Å². The summed E-state index contributed by atoms with van der Waals surface area (Å²) >= 11 is 0. The summed E-state index contributed by atoms with van der Waals surface area (Å²) < 4.78 is 0. The number of hydrogen-bond donors (Lipinski definition) is 3. The Morgan fingerprint density at radius 1 is 1.29 bits per heavy atom. The van der Waals surface area contributed by atoms with E-state index < -0.39 is 0 Å². The highest BCUT2D eigenvalue weighted by atomic mass is 15.3. The van der Waals surface area contributed by atoms with E-state index in [4.69, 9.17) is 5.73 Å². The van der Waals surface area contributed by atoms with Crippen LogP contribution in [-0.2, 0) is 0 Å². The third kappa shape index (κ3) is 2.65. The quantitative estimate of drug-likeness (QED) is 0.659. The van der Waals surface area contributed by atoms with Gasteiger partial charge in [0.1, 0.15) is 17.8 Å². The maximum absolute atomic E-state index is 6.58. The van der Waals surface area contributed by atoms with Crippen LogP contribution in [0.5, 0.6) is 0 Å². The number of aryl methyl sites for hydroxylation is 1. The molecule has 3 aromatic rings. The van der Waals surface area contributed by atoms with Crippen LogP contribution in [-0.4, -0.2) is 50.1 Å². The SMILES string of the molecule is Cc1c[nH]c2ncnc(N3CCC(N)(CNc4ncccn4)C3)c12. The van der Waals surface area contributed by atoms with Crippen LogP contribution < -0.4 is 16.0 Å². The molecule has 1 saturated heterocycles. The van der Waals surface area contributed by atoms with Gasteiger partial charge in [-0.1, -0.05) is 0 Å². The third-order valence-electron chi connectivity index (χ3n) is 4.50. The first-order valence-electron chi connectivity index (χ1n) is 7.98. The van der Waals surface area contributed by atoms with Crippen molar-refractivity contribution in [3.8, 4) is 0 Å². The van der Waals surface area contributed by atoms with Crippen LogP contribution >= 0.6 is 0 Å². The summed E-state index contributed by atoms with van der Waals surface area (Å²) in [6, 6.07) is 1.79. The van der Waals surface area contributed by atoms with Crippen molar-refractivity contribution in [3.63, 3.8) is 0 Å². The lowest BCUT2D eigenvalue weighted by Crippen LogP contribution is -2.48. The molecule has 8 heteroatoms. The van der Waals surface area contributed by atoms with E-state index in [0.29, 0.717) is 12.5 Å². The van der Waals surface area contributed by atoms with E-state index in [1.165, 1.54) is 0 Å². The number of nitrogens with one attached hydrogen (secondary N) is 2. The zero-order valence-corrected chi connectivity index (χ0v) is 13.5. The molecule has 0 amide bonds. The molecule has 1 unspecified atom stereocenters. The number of nitrogens with zero attached hydrogens (tertiary/aromatic N) is 5. The summed E-state index contributed by atoms with van der Waals surface area (Å²) in [7, 11) is 0. The lowest BCUT2D eigenvalue weighted by molar-refractivity contribution is 0.497. The highest BCUT2D eigenvalue weighted by molar-refractivity contribution is 5.90. The molecular weight excluding hydrogens is 304 g/mol. The summed E-state index contributed by atoms with van der Waals surface area (Å²) in [6.45, 7) is 4.27. The van der Waals surface area contributed by atoms with E-state index in [1.807, 2.05) is 6.20 Å². The van der Waals surface area contributed by atoms with Crippen molar-refractivity contribution in [2.24, 2.45) is 5.73 Å². The number of fused-ring (bicyclic) bond motifs is 1. The first-order valence-corrected chi connectivity index (χ1v) is 7.98. The van der Waals surface area contributed by atoms with Crippen LogP contribution in [0.3, 0.4) is 0 Å². The second kappa shape index (κ2) is 5.72. The van der Waals surface area contributed by atoms with Gasteiger partial charge in [-0.3, -0.25) is 0 Å². The standard InChI is InChI=1S/C16H20N8/c1-11-7-20-13-12(11)14(23-10-22-13)24-6-3-16(17,9-24)8-21-15-18-4-2-5-19-15/h2,4-5,7,10H,3,6,8-9,17H2,1H3,(H,18,19,21)(H,20,22,23). The Labute approximate surface area is 139 Å². The monoisotopic (exact) mass is 324 g/mol. The van der Waals surface area contributed by atoms with Crippen LogP contribution in [0, 0.1) is 6.92 Å². The van der Waals surface area contributed by atoms with Gasteiger partial charge in [-0.2, -0.15) is 0 Å². The van der Waals surface area contributed by atoms with Gasteiger partial charge in [0, 0.05) is 38.2 Å². The molecule has 3 aromatic heterocycles. The predicted octanol–water partition coefficient (Wildman–Crippen LogP) is 1.08. The minimum Gasteiger partial charge on any atom is -0.354 e. The Balaban J connectivity index is 1.52. The zero-order valence-electron chi connectivity index (χ0n) is 13.5. The van der Waals surface area contributed by atoms with E-state index >= 15 is 0 Å². The summed E-state index contributed by atoms with van der Waals surface area (Å²) in [4.78, 5) is 22.6. The third-order valence-corrected chi connectivity index (χ3v) is 4.50. The normalized spacial score (nSPS) is 20.7. The van der Waals surface area contributed by atoms with Crippen molar-refractivity contribution in [1.82, 2.24) is 24.9 Å². The van der Waals surface area contributed by atoms with Crippen molar-refractivity contribution in [3.05, 3.63) is 36.5 Å². The number of aromatic amines is 1. The molecule has 4 heterocycles. The van der Waals surface area contributed by atoms with Crippen molar-refractivity contribution in [2.75, 3.05) is 29.9 Å². The van der Waals surface area contributed by atoms with E-state index in [9.17, 15) is 0 Å². The van der Waals surface area contributed by atoms with Crippen LogP contribution in [0.15, 0.2) is 31.0 Å². The Morgan fingerprint density at radius 3 is 2.96 bits per heavy atom. The number of rotatable bonds is 4. The topological polar surface area (TPSA) is 109 Å². The molecule has 1 aliphatic heterocycles. The fourth-order valence-corrected chi connectivity index (χ4v) is 3.20. The molecule has 124 valence electrons. The van der Waals surface area contributed by atoms with Gasteiger partial charge in [-0.15, -0.1) is 0 Å². The van der Waals surface area contributed by atoms with Crippen LogP contribution in [0.2, 0.25) is 0 Å². The maximum Gasteiger partial charge on any atom is 0.222 e. The van der Waals surface area contributed by atoms with E-state index in [-0.39, 0.29) is 5.54 Å². The summed E-state index contributed by atoms with van der Waals surface area (Å²) in [5, 5.41) is 4.30. The number of H-pyrrole nitrogens is 1. The molecule has 0 radical (unpaired) electrons. The average molecular weight is 324 g/mol. The smallest absolute Gasteiger partial charge is 0.222 e. The summed E-state index contributed by atoms with van der Waals surface area (Å²) in [5.74, 6) is 1.55. The second-order valence-electron chi connectivity index (χ2n) is 6.35. The molecule has 0 bridgehead atoms. The first-order chi connectivity index (χ1) is 11.6. The van der Waals surface area contributed by atoms with E-state index in [1.54, 1.807) is 24.8 Å². The molecule has 24 heavy (non-hydrogen) atoms. The molecule has 0 saturated carbocycles. The highest BCUT2D eigenvalue weighted by Crippen LogP contribution is 2.30. The van der Waals surface area contributed by atoms with Gasteiger partial charge in [0.25, 0.3) is 0 Å². The van der Waals surface area contributed by atoms with Crippen LogP contribution in [0.25, 0.3) is 11.0 Å². The van der Waals surface area contributed by atoms with Gasteiger partial charge in [-0.05, 0) is 25.0 Å². The lowest BCUT2D eigenvalue weighted by atomic mass is 10.0. The molecule has 1 aliphatic rings. The fraction of sp³-hybridized carbons (Fsp3) is 0.375. The molecule has 0 aliphatic carbocycles. The number of aromatic nitrogens is 5. The Morgan fingerprint density at radius 2 is 2.12 bits per heavy atom. The van der Waals surface area contributed by atoms with Gasteiger partial charge in [0.15, 0.2) is 0 Å². The lowest BCUT2D eigenvalue weighted by Gasteiger charge is -2.25. The van der Waals surface area contributed by atoms with Gasteiger partial charge in [0.2, 0.25) is 5.95 Å². The molecule has 8 nitrogen and oxygen atoms in total. The molecule has 0 spiro atoms. The predicted molar refractivity (Wildman–Crippen MR) is 92.9 cm³/mol. The van der Waals surface area contributed by atoms with Crippen molar-refractivity contribution in [2.45, 2.75) is 18.9 Å². The van der Waals surface area contributed by atoms with Crippen molar-refractivity contribution in [1.29, 1.82) is 0 Å². The average Bonchev–Trinajstić information content (AvgIpc) is 3.18. The van der Waals surface area contributed by atoms with Gasteiger partial charge >= 0.3 is 0 Å². The van der Waals surface area contributed by atoms with Crippen LogP contribution in [0.4, 0.5) is 11.8 Å². The molecule has 1 atom stereocenters. The molecular formula is C16H20N8. The summed E-state index contributed by atoms with van der Waals surface area (Å²) in [5.41, 5.74) is 8.24. The molecule has 1 fully saturated rings.